The highest BCUT2D eigenvalue weighted by atomic mass is 32.1. The van der Waals surface area contributed by atoms with Gasteiger partial charge in [0.25, 0.3) is 0 Å². The van der Waals surface area contributed by atoms with Crippen LogP contribution in [0.1, 0.15) is 58.3 Å². The van der Waals surface area contributed by atoms with Crippen LogP contribution >= 0.6 is 12.2 Å². The van der Waals surface area contributed by atoms with Crippen molar-refractivity contribution in [1.29, 1.82) is 0 Å². The summed E-state index contributed by atoms with van der Waals surface area (Å²) in [6.07, 6.45) is 2.78. The van der Waals surface area contributed by atoms with Crippen molar-refractivity contribution in [1.82, 2.24) is 14.9 Å². The number of rotatable bonds is 8. The van der Waals surface area contributed by atoms with E-state index >= 15 is 0 Å². The van der Waals surface area contributed by atoms with Gasteiger partial charge in [-0.3, -0.25) is 9.78 Å². The summed E-state index contributed by atoms with van der Waals surface area (Å²) in [6, 6.07) is 20.5. The molecule has 0 saturated carbocycles. The number of methoxy groups -OCH3 is 1. The SMILES string of the molecule is CCc1cccc(C)c1-n1c(C)cc([C@@H]2[C@@H](c3ccccn3)NC(=S)N2c2ccc(NC(=O)COC)c(C)c2)c1C. The topological polar surface area (TPSA) is 71.4 Å². The maximum atomic E-state index is 12.2. The van der Waals surface area contributed by atoms with E-state index in [1.165, 1.54) is 40.9 Å². The van der Waals surface area contributed by atoms with E-state index in [1.54, 1.807) is 0 Å². The van der Waals surface area contributed by atoms with Gasteiger partial charge < -0.3 is 24.8 Å². The zero-order chi connectivity index (χ0) is 29.3. The molecule has 2 atom stereocenters. The van der Waals surface area contributed by atoms with Crippen molar-refractivity contribution in [2.75, 3.05) is 23.9 Å². The Balaban J connectivity index is 1.64. The molecule has 2 aromatic heterocycles. The Hall–Kier alpha value is -4.01. The van der Waals surface area contributed by atoms with Gasteiger partial charge in [-0.25, -0.2) is 0 Å². The number of aryl methyl sites for hydroxylation is 4. The van der Waals surface area contributed by atoms with E-state index in [1.807, 2.05) is 43.5 Å². The quantitative estimate of drug-likeness (QED) is 0.239. The maximum Gasteiger partial charge on any atom is 0.250 e. The Morgan fingerprint density at radius 2 is 1.85 bits per heavy atom. The number of para-hydroxylation sites is 1. The van der Waals surface area contributed by atoms with Gasteiger partial charge in [-0.05, 0) is 105 Å². The van der Waals surface area contributed by atoms with Crippen LogP contribution < -0.4 is 15.5 Å². The van der Waals surface area contributed by atoms with Crippen molar-refractivity contribution in [3.63, 3.8) is 0 Å². The van der Waals surface area contributed by atoms with Crippen molar-refractivity contribution < 1.29 is 9.53 Å². The monoisotopic (exact) mass is 567 g/mol. The third kappa shape index (κ3) is 5.37. The standard InChI is InChI=1S/C33H37N5O2S/c1-7-24-12-10-11-20(2)31(24)37-22(4)18-26(23(37)5)32-30(28-13-8-9-16-34-28)36-33(41)38(32)25-14-15-27(21(3)17-25)35-29(39)19-40-6/h8-18,30,32H,7,19H2,1-6H3,(H,35,39)(H,36,41)/t30-,32-/m1/s1. The second-order valence-electron chi connectivity index (χ2n) is 10.6. The smallest absolute Gasteiger partial charge is 0.250 e. The number of carbonyl (C=O) groups excluding carboxylic acids is 1. The van der Waals surface area contributed by atoms with Crippen LogP contribution in [-0.2, 0) is 16.0 Å². The molecular formula is C33H37N5O2S. The summed E-state index contributed by atoms with van der Waals surface area (Å²) in [6.45, 7) is 10.7. The van der Waals surface area contributed by atoms with Crippen LogP contribution in [0.3, 0.4) is 0 Å². The number of pyridine rings is 1. The fraction of sp³-hybridized carbons (Fsp3) is 0.303. The van der Waals surface area contributed by atoms with Crippen LogP contribution in [-0.4, -0.2) is 34.3 Å². The van der Waals surface area contributed by atoms with Gasteiger partial charge in [0.1, 0.15) is 6.61 Å². The third-order valence-corrected chi connectivity index (χ3v) is 8.17. The van der Waals surface area contributed by atoms with Crippen molar-refractivity contribution in [3.8, 4) is 5.69 Å². The van der Waals surface area contributed by atoms with Crippen LogP contribution in [0.2, 0.25) is 0 Å². The van der Waals surface area contributed by atoms with E-state index in [0.717, 1.165) is 29.1 Å². The summed E-state index contributed by atoms with van der Waals surface area (Å²) in [4.78, 5) is 19.1. The number of ether oxygens (including phenoxy) is 1. The fourth-order valence-electron chi connectivity index (χ4n) is 5.96. The van der Waals surface area contributed by atoms with Crippen LogP contribution in [0.4, 0.5) is 11.4 Å². The highest BCUT2D eigenvalue weighted by molar-refractivity contribution is 7.80. The Morgan fingerprint density at radius 3 is 2.54 bits per heavy atom. The Kier molecular flexibility index (Phi) is 8.24. The van der Waals surface area contributed by atoms with Crippen LogP contribution in [0.15, 0.2) is 66.9 Å². The summed E-state index contributed by atoms with van der Waals surface area (Å²) < 4.78 is 7.36. The second kappa shape index (κ2) is 11.8. The molecule has 1 fully saturated rings. The lowest BCUT2D eigenvalue weighted by atomic mass is 9.96. The van der Waals surface area contributed by atoms with Gasteiger partial charge in [0.2, 0.25) is 5.91 Å². The molecule has 0 spiro atoms. The zero-order valence-corrected chi connectivity index (χ0v) is 25.3. The minimum atomic E-state index is -0.190. The molecule has 1 saturated heterocycles. The third-order valence-electron chi connectivity index (χ3n) is 7.85. The van der Waals surface area contributed by atoms with E-state index in [4.69, 9.17) is 21.9 Å². The number of nitrogens with zero attached hydrogens (tertiary/aromatic N) is 3. The van der Waals surface area contributed by atoms with E-state index in [-0.39, 0.29) is 24.6 Å². The second-order valence-corrected chi connectivity index (χ2v) is 11.0. The minimum Gasteiger partial charge on any atom is -0.375 e. The molecule has 0 bridgehead atoms. The van der Waals surface area contributed by atoms with Crippen molar-refractivity contribution >= 4 is 34.6 Å². The number of carbonyl (C=O) groups is 1. The Morgan fingerprint density at radius 1 is 1.05 bits per heavy atom. The predicted molar refractivity (Wildman–Crippen MR) is 169 cm³/mol. The molecule has 0 unspecified atom stereocenters. The van der Waals surface area contributed by atoms with Gasteiger partial charge in [-0.15, -0.1) is 0 Å². The van der Waals surface area contributed by atoms with Crippen molar-refractivity contribution in [3.05, 3.63) is 106 Å². The molecule has 2 aromatic carbocycles. The van der Waals surface area contributed by atoms with Crippen LogP contribution in [0, 0.1) is 27.7 Å². The molecule has 7 nitrogen and oxygen atoms in total. The number of anilines is 2. The Labute approximate surface area is 247 Å². The average molecular weight is 568 g/mol. The number of nitrogens with one attached hydrogen (secondary N) is 2. The van der Waals surface area contributed by atoms with Gasteiger partial charge in [0.15, 0.2) is 5.11 Å². The molecular weight excluding hydrogens is 530 g/mol. The molecule has 0 radical (unpaired) electrons. The molecule has 212 valence electrons. The molecule has 1 aliphatic rings. The van der Waals surface area contributed by atoms with Crippen LogP contribution in [0.25, 0.3) is 5.69 Å². The number of benzene rings is 2. The van der Waals surface area contributed by atoms with Crippen LogP contribution in [0.5, 0.6) is 0 Å². The molecule has 0 aliphatic carbocycles. The largest absolute Gasteiger partial charge is 0.375 e. The molecule has 41 heavy (non-hydrogen) atoms. The molecule has 2 N–H and O–H groups in total. The molecule has 4 aromatic rings. The number of aromatic nitrogens is 2. The number of hydrogen-bond acceptors (Lipinski definition) is 4. The van der Waals surface area contributed by atoms with E-state index in [0.29, 0.717) is 5.11 Å². The summed E-state index contributed by atoms with van der Waals surface area (Å²) in [5.41, 5.74) is 10.9. The maximum absolute atomic E-state index is 12.2. The summed E-state index contributed by atoms with van der Waals surface area (Å²) in [5, 5.41) is 7.14. The first-order valence-electron chi connectivity index (χ1n) is 13.9. The number of hydrogen-bond donors (Lipinski definition) is 2. The summed E-state index contributed by atoms with van der Waals surface area (Å²) in [5.74, 6) is -0.190. The van der Waals surface area contributed by atoms with E-state index in [2.05, 4.69) is 78.1 Å². The molecule has 5 rings (SSSR count). The zero-order valence-electron chi connectivity index (χ0n) is 24.5. The number of amides is 1. The van der Waals surface area contributed by atoms with Gasteiger partial charge in [0, 0.05) is 36.1 Å². The Bertz CT molecular complexity index is 1600. The van der Waals surface area contributed by atoms with Gasteiger partial charge >= 0.3 is 0 Å². The highest BCUT2D eigenvalue weighted by Crippen LogP contribution is 2.44. The first-order chi connectivity index (χ1) is 19.7. The lowest BCUT2D eigenvalue weighted by molar-refractivity contribution is -0.119. The minimum absolute atomic E-state index is 0.00536. The first-order valence-corrected chi connectivity index (χ1v) is 14.3. The highest BCUT2D eigenvalue weighted by Gasteiger charge is 2.42. The van der Waals surface area contributed by atoms with Gasteiger partial charge in [0.05, 0.1) is 23.5 Å². The normalized spacial score (nSPS) is 16.6. The lowest BCUT2D eigenvalue weighted by Crippen LogP contribution is -2.29. The number of thiocarbonyl (C=S) groups is 1. The summed E-state index contributed by atoms with van der Waals surface area (Å²) >= 11 is 5.99. The first kappa shape index (κ1) is 28.5. The predicted octanol–water partition coefficient (Wildman–Crippen LogP) is 6.43. The molecule has 1 amide bonds. The van der Waals surface area contributed by atoms with Gasteiger partial charge in [-0.2, -0.15) is 0 Å². The molecule has 3 heterocycles. The van der Waals surface area contributed by atoms with E-state index in [9.17, 15) is 4.79 Å². The lowest BCUT2D eigenvalue weighted by Gasteiger charge is -2.29. The van der Waals surface area contributed by atoms with Gasteiger partial charge in [-0.1, -0.05) is 31.2 Å². The van der Waals surface area contributed by atoms with E-state index < -0.39 is 0 Å². The van der Waals surface area contributed by atoms with Crippen molar-refractivity contribution in [2.24, 2.45) is 0 Å². The summed E-state index contributed by atoms with van der Waals surface area (Å²) in [7, 11) is 1.51. The fourth-order valence-corrected chi connectivity index (χ4v) is 6.31. The molecule has 8 heteroatoms. The average Bonchev–Trinajstić information content (AvgIpc) is 3.45. The van der Waals surface area contributed by atoms with Crippen molar-refractivity contribution in [2.45, 2.75) is 53.1 Å². The molecule has 1 aliphatic heterocycles.